The van der Waals surface area contributed by atoms with Gasteiger partial charge in [0.05, 0.1) is 0 Å². The summed E-state index contributed by atoms with van der Waals surface area (Å²) in [5.74, 6) is 1.69. The maximum atomic E-state index is 12.6. The highest BCUT2D eigenvalue weighted by molar-refractivity contribution is 9.10. The Balaban J connectivity index is 1.53. The van der Waals surface area contributed by atoms with E-state index in [1.54, 1.807) is 13.1 Å². The molecule has 1 aromatic carbocycles. The van der Waals surface area contributed by atoms with Crippen molar-refractivity contribution in [1.82, 2.24) is 9.88 Å². The minimum Gasteiger partial charge on any atom is -0.481 e. The van der Waals surface area contributed by atoms with Gasteiger partial charge < -0.3 is 14.5 Å². The first-order valence-corrected chi connectivity index (χ1v) is 8.80. The number of nitrogens with zero attached hydrogens (tertiary/aromatic N) is 3. The minimum absolute atomic E-state index is 0.0265. The second kappa shape index (κ2) is 7.66. The Bertz CT molecular complexity index is 670. The Hall–Kier alpha value is -2.08. The van der Waals surface area contributed by atoms with Gasteiger partial charge in [-0.3, -0.25) is 4.79 Å². The molecule has 1 saturated heterocycles. The molecule has 5 nitrogen and oxygen atoms in total. The van der Waals surface area contributed by atoms with E-state index in [-0.39, 0.29) is 5.91 Å². The molecule has 3 rings (SSSR count). The molecular formula is C18H20BrN3O2. The summed E-state index contributed by atoms with van der Waals surface area (Å²) in [7, 11) is 0. The van der Waals surface area contributed by atoms with Gasteiger partial charge in [-0.1, -0.05) is 22.0 Å². The van der Waals surface area contributed by atoms with Gasteiger partial charge in [-0.2, -0.15) is 0 Å². The fraction of sp³-hybridized carbons (Fsp3) is 0.333. The number of pyridine rings is 1. The first-order chi connectivity index (χ1) is 11.6. The van der Waals surface area contributed by atoms with Crippen molar-refractivity contribution in [3.8, 4) is 5.75 Å². The minimum atomic E-state index is -0.493. The number of piperazine rings is 1. The zero-order valence-corrected chi connectivity index (χ0v) is 15.1. The van der Waals surface area contributed by atoms with Crippen LogP contribution in [0.1, 0.15) is 6.92 Å². The number of carbonyl (C=O) groups excluding carboxylic acids is 1. The van der Waals surface area contributed by atoms with Crippen molar-refractivity contribution in [2.75, 3.05) is 31.1 Å². The van der Waals surface area contributed by atoms with Crippen LogP contribution in [0.25, 0.3) is 0 Å². The number of amides is 1. The molecular weight excluding hydrogens is 370 g/mol. The van der Waals surface area contributed by atoms with Gasteiger partial charge in [-0.25, -0.2) is 4.98 Å². The molecule has 2 aromatic rings. The Kier molecular flexibility index (Phi) is 5.35. The number of rotatable bonds is 4. The highest BCUT2D eigenvalue weighted by atomic mass is 79.9. The largest absolute Gasteiger partial charge is 0.481 e. The Morgan fingerprint density at radius 3 is 2.46 bits per heavy atom. The van der Waals surface area contributed by atoms with Gasteiger partial charge in [-0.05, 0) is 43.3 Å². The van der Waals surface area contributed by atoms with Crippen molar-refractivity contribution >= 4 is 27.7 Å². The van der Waals surface area contributed by atoms with Crippen LogP contribution in [0.2, 0.25) is 0 Å². The van der Waals surface area contributed by atoms with E-state index in [9.17, 15) is 4.79 Å². The third kappa shape index (κ3) is 4.06. The quantitative estimate of drug-likeness (QED) is 0.806. The molecule has 1 atom stereocenters. The standard InChI is InChI=1S/C18H20BrN3O2/c1-14(24-16-7-5-15(19)6-8-16)18(23)22-12-10-21(11-13-22)17-4-2-3-9-20-17/h2-9,14H,10-13H2,1H3/t14-/m1/s1. The maximum absolute atomic E-state index is 12.6. The Morgan fingerprint density at radius 2 is 1.83 bits per heavy atom. The predicted molar refractivity (Wildman–Crippen MR) is 97.3 cm³/mol. The monoisotopic (exact) mass is 389 g/mol. The lowest BCUT2D eigenvalue weighted by Crippen LogP contribution is -2.52. The molecule has 0 spiro atoms. The number of halogens is 1. The first-order valence-electron chi connectivity index (χ1n) is 8.00. The van der Waals surface area contributed by atoms with Gasteiger partial charge in [0.2, 0.25) is 0 Å². The molecule has 0 unspecified atom stereocenters. The van der Waals surface area contributed by atoms with Crippen molar-refractivity contribution in [3.63, 3.8) is 0 Å². The van der Waals surface area contributed by atoms with Crippen molar-refractivity contribution in [2.24, 2.45) is 0 Å². The van der Waals surface area contributed by atoms with Gasteiger partial charge in [0.1, 0.15) is 11.6 Å². The molecule has 0 aliphatic carbocycles. The van der Waals surface area contributed by atoms with Gasteiger partial charge >= 0.3 is 0 Å². The van der Waals surface area contributed by atoms with Gasteiger partial charge in [0.15, 0.2) is 6.10 Å². The fourth-order valence-electron chi connectivity index (χ4n) is 2.72. The summed E-state index contributed by atoms with van der Waals surface area (Å²) in [6.07, 6.45) is 1.30. The molecule has 1 amide bonds. The number of carbonyl (C=O) groups is 1. The van der Waals surface area contributed by atoms with E-state index < -0.39 is 6.10 Å². The first kappa shape index (κ1) is 16.8. The van der Waals surface area contributed by atoms with Gasteiger partial charge in [0, 0.05) is 36.8 Å². The Morgan fingerprint density at radius 1 is 1.12 bits per heavy atom. The summed E-state index contributed by atoms with van der Waals surface area (Å²) in [5.41, 5.74) is 0. The SMILES string of the molecule is C[C@@H](Oc1ccc(Br)cc1)C(=O)N1CCN(c2ccccn2)CC1. The fourth-order valence-corrected chi connectivity index (χ4v) is 2.99. The van der Waals surface area contributed by atoms with E-state index in [4.69, 9.17) is 4.74 Å². The molecule has 0 radical (unpaired) electrons. The van der Waals surface area contributed by atoms with E-state index in [2.05, 4.69) is 25.8 Å². The molecule has 1 aliphatic heterocycles. The van der Waals surface area contributed by atoms with E-state index in [0.29, 0.717) is 18.8 Å². The molecule has 1 aromatic heterocycles. The van der Waals surface area contributed by atoms with Crippen LogP contribution < -0.4 is 9.64 Å². The van der Waals surface area contributed by atoms with Crippen LogP contribution >= 0.6 is 15.9 Å². The van der Waals surface area contributed by atoms with Crippen LogP contribution in [0.15, 0.2) is 53.1 Å². The van der Waals surface area contributed by atoms with Crippen molar-refractivity contribution < 1.29 is 9.53 Å². The zero-order valence-electron chi connectivity index (χ0n) is 13.6. The van der Waals surface area contributed by atoms with Crippen molar-refractivity contribution in [2.45, 2.75) is 13.0 Å². The van der Waals surface area contributed by atoms with Crippen LogP contribution in [0.4, 0.5) is 5.82 Å². The molecule has 6 heteroatoms. The summed E-state index contributed by atoms with van der Waals surface area (Å²) in [5, 5.41) is 0. The smallest absolute Gasteiger partial charge is 0.263 e. The van der Waals surface area contributed by atoms with Crippen LogP contribution in [-0.2, 0) is 4.79 Å². The van der Waals surface area contributed by atoms with E-state index >= 15 is 0 Å². The zero-order chi connectivity index (χ0) is 16.9. The summed E-state index contributed by atoms with van der Waals surface area (Å²) in [6, 6.07) is 13.4. The number of hydrogen-bond acceptors (Lipinski definition) is 4. The summed E-state index contributed by atoms with van der Waals surface area (Å²) in [4.78, 5) is 21.0. The number of anilines is 1. The van der Waals surface area contributed by atoms with Crippen LogP contribution in [0, 0.1) is 0 Å². The van der Waals surface area contributed by atoms with Crippen LogP contribution in [-0.4, -0.2) is 48.1 Å². The molecule has 0 bridgehead atoms. The second-order valence-corrected chi connectivity index (χ2v) is 6.63. The summed E-state index contributed by atoms with van der Waals surface area (Å²) in [6.45, 7) is 4.74. The molecule has 1 fully saturated rings. The van der Waals surface area contributed by atoms with E-state index in [0.717, 1.165) is 23.4 Å². The summed E-state index contributed by atoms with van der Waals surface area (Å²) < 4.78 is 6.74. The average molecular weight is 390 g/mol. The average Bonchev–Trinajstić information content (AvgIpc) is 2.64. The molecule has 126 valence electrons. The van der Waals surface area contributed by atoms with Crippen LogP contribution in [0.3, 0.4) is 0 Å². The highest BCUT2D eigenvalue weighted by Crippen LogP contribution is 2.18. The number of aromatic nitrogens is 1. The molecule has 1 aliphatic rings. The highest BCUT2D eigenvalue weighted by Gasteiger charge is 2.26. The molecule has 0 saturated carbocycles. The third-order valence-corrected chi connectivity index (χ3v) is 4.57. The molecule has 2 heterocycles. The molecule has 24 heavy (non-hydrogen) atoms. The predicted octanol–water partition coefficient (Wildman–Crippen LogP) is 2.96. The lowest BCUT2D eigenvalue weighted by Gasteiger charge is -2.36. The Labute approximate surface area is 150 Å². The van der Waals surface area contributed by atoms with Gasteiger partial charge in [-0.15, -0.1) is 0 Å². The van der Waals surface area contributed by atoms with Gasteiger partial charge in [0.25, 0.3) is 5.91 Å². The second-order valence-electron chi connectivity index (χ2n) is 5.71. The number of benzene rings is 1. The number of hydrogen-bond donors (Lipinski definition) is 0. The normalized spacial score (nSPS) is 15.9. The third-order valence-electron chi connectivity index (χ3n) is 4.04. The topological polar surface area (TPSA) is 45.7 Å². The molecule has 0 N–H and O–H groups in total. The lowest BCUT2D eigenvalue weighted by molar-refractivity contribution is -0.138. The maximum Gasteiger partial charge on any atom is 0.263 e. The van der Waals surface area contributed by atoms with Crippen molar-refractivity contribution in [1.29, 1.82) is 0 Å². The lowest BCUT2D eigenvalue weighted by atomic mass is 10.2. The van der Waals surface area contributed by atoms with Crippen LogP contribution in [0.5, 0.6) is 5.75 Å². The summed E-state index contributed by atoms with van der Waals surface area (Å²) >= 11 is 3.39. The van der Waals surface area contributed by atoms with Crippen molar-refractivity contribution in [3.05, 3.63) is 53.1 Å². The number of ether oxygens (including phenoxy) is 1. The van der Waals surface area contributed by atoms with E-state index in [1.807, 2.05) is 47.4 Å². The van der Waals surface area contributed by atoms with E-state index in [1.165, 1.54) is 0 Å².